The lowest BCUT2D eigenvalue weighted by molar-refractivity contribution is 0.0794. The van der Waals surface area contributed by atoms with E-state index in [4.69, 9.17) is 4.42 Å². The zero-order chi connectivity index (χ0) is 18.5. The Morgan fingerprint density at radius 3 is 2.65 bits per heavy atom. The third-order valence-corrected chi connectivity index (χ3v) is 4.36. The number of hydrogen-bond donors (Lipinski definition) is 1. The number of hydrogen-bond acceptors (Lipinski definition) is 4. The van der Waals surface area contributed by atoms with Gasteiger partial charge in [0, 0.05) is 37.2 Å². The Hall–Kier alpha value is -3.08. The van der Waals surface area contributed by atoms with Gasteiger partial charge < -0.3 is 14.6 Å². The number of nitrogens with one attached hydrogen (secondary N) is 1. The van der Waals surface area contributed by atoms with Gasteiger partial charge in [-0.25, -0.2) is 4.79 Å². The summed E-state index contributed by atoms with van der Waals surface area (Å²) in [4.78, 5) is 25.9. The standard InChI is InChI=1S/C21H22N2O3/c1-15-8-3-4-9-16(15)21(25)23(2)13-7-12-22-18-14-20(24)26-19-11-6-5-10-17(18)19/h3-6,8-11,14,22H,7,12-13H2,1-2H3. The van der Waals surface area contributed by atoms with Gasteiger partial charge in [0.15, 0.2) is 0 Å². The van der Waals surface area contributed by atoms with Crippen LogP contribution in [0, 0.1) is 6.92 Å². The van der Waals surface area contributed by atoms with Gasteiger partial charge in [-0.1, -0.05) is 30.3 Å². The molecule has 1 aromatic heterocycles. The van der Waals surface area contributed by atoms with Crippen molar-refractivity contribution in [3.8, 4) is 0 Å². The Bertz CT molecular complexity index is 978. The molecule has 1 N–H and O–H groups in total. The number of benzene rings is 2. The van der Waals surface area contributed by atoms with Crippen LogP contribution in [0.1, 0.15) is 22.3 Å². The monoisotopic (exact) mass is 350 g/mol. The summed E-state index contributed by atoms with van der Waals surface area (Å²) in [5, 5.41) is 4.15. The van der Waals surface area contributed by atoms with E-state index in [0.29, 0.717) is 18.7 Å². The van der Waals surface area contributed by atoms with Crippen molar-refractivity contribution in [2.75, 3.05) is 25.5 Å². The van der Waals surface area contributed by atoms with Gasteiger partial charge in [-0.05, 0) is 37.1 Å². The maximum absolute atomic E-state index is 12.5. The van der Waals surface area contributed by atoms with Gasteiger partial charge in [0.2, 0.25) is 0 Å². The van der Waals surface area contributed by atoms with E-state index >= 15 is 0 Å². The molecule has 0 spiro atoms. The molecular formula is C21H22N2O3. The molecule has 0 radical (unpaired) electrons. The maximum Gasteiger partial charge on any atom is 0.338 e. The molecule has 1 heterocycles. The molecule has 2 aromatic carbocycles. The first-order valence-electron chi connectivity index (χ1n) is 8.64. The van der Waals surface area contributed by atoms with Crippen molar-refractivity contribution in [1.82, 2.24) is 4.90 Å². The van der Waals surface area contributed by atoms with E-state index in [2.05, 4.69) is 5.32 Å². The molecule has 0 saturated carbocycles. The van der Waals surface area contributed by atoms with E-state index < -0.39 is 0 Å². The van der Waals surface area contributed by atoms with Crippen LogP contribution in [0.2, 0.25) is 0 Å². The van der Waals surface area contributed by atoms with Crippen molar-refractivity contribution in [1.29, 1.82) is 0 Å². The molecule has 5 nitrogen and oxygen atoms in total. The molecular weight excluding hydrogens is 328 g/mol. The summed E-state index contributed by atoms with van der Waals surface area (Å²) in [6.45, 7) is 3.22. The molecule has 26 heavy (non-hydrogen) atoms. The molecule has 134 valence electrons. The predicted octanol–water partition coefficient (Wildman–Crippen LogP) is 3.68. The average Bonchev–Trinajstić information content (AvgIpc) is 2.64. The summed E-state index contributed by atoms with van der Waals surface area (Å²) in [5.41, 5.74) is 2.65. The van der Waals surface area contributed by atoms with Crippen molar-refractivity contribution in [3.63, 3.8) is 0 Å². The summed E-state index contributed by atoms with van der Waals surface area (Å²) in [5.74, 6) is 0.0221. The van der Waals surface area contributed by atoms with E-state index in [1.165, 1.54) is 6.07 Å². The average molecular weight is 350 g/mol. The van der Waals surface area contributed by atoms with Crippen LogP contribution in [-0.2, 0) is 0 Å². The molecule has 0 bridgehead atoms. The van der Waals surface area contributed by atoms with E-state index in [-0.39, 0.29) is 11.5 Å². The summed E-state index contributed by atoms with van der Waals surface area (Å²) >= 11 is 0. The molecule has 3 aromatic rings. The lowest BCUT2D eigenvalue weighted by Gasteiger charge is -2.18. The Labute approximate surface area is 152 Å². The minimum absolute atomic E-state index is 0.0221. The molecule has 0 aliphatic rings. The van der Waals surface area contributed by atoms with Gasteiger partial charge in [0.1, 0.15) is 5.58 Å². The van der Waals surface area contributed by atoms with Gasteiger partial charge in [-0.2, -0.15) is 0 Å². The number of carbonyl (C=O) groups is 1. The lowest BCUT2D eigenvalue weighted by atomic mass is 10.1. The molecule has 0 saturated heterocycles. The summed E-state index contributed by atoms with van der Waals surface area (Å²) in [7, 11) is 1.81. The number of carbonyl (C=O) groups excluding carboxylic acids is 1. The minimum Gasteiger partial charge on any atom is -0.423 e. The van der Waals surface area contributed by atoms with Gasteiger partial charge in [-0.3, -0.25) is 4.79 Å². The van der Waals surface area contributed by atoms with Crippen LogP contribution >= 0.6 is 0 Å². The van der Waals surface area contributed by atoms with E-state index in [9.17, 15) is 9.59 Å². The zero-order valence-electron chi connectivity index (χ0n) is 15.0. The first kappa shape index (κ1) is 17.7. The highest BCUT2D eigenvalue weighted by atomic mass is 16.4. The first-order chi connectivity index (χ1) is 12.6. The third-order valence-electron chi connectivity index (χ3n) is 4.36. The summed E-state index contributed by atoms with van der Waals surface area (Å²) in [6, 6.07) is 16.5. The SMILES string of the molecule is Cc1ccccc1C(=O)N(C)CCCNc1cc(=O)oc2ccccc12. The van der Waals surface area contributed by atoms with Crippen LogP contribution in [0.5, 0.6) is 0 Å². The zero-order valence-corrected chi connectivity index (χ0v) is 15.0. The van der Waals surface area contributed by atoms with Crippen LogP contribution in [0.3, 0.4) is 0 Å². The van der Waals surface area contributed by atoms with Crippen molar-refractivity contribution in [3.05, 3.63) is 76.1 Å². The Morgan fingerprint density at radius 2 is 1.85 bits per heavy atom. The molecule has 0 unspecified atom stereocenters. The van der Waals surface area contributed by atoms with E-state index in [1.807, 2.05) is 49.4 Å². The fourth-order valence-corrected chi connectivity index (χ4v) is 2.92. The highest BCUT2D eigenvalue weighted by Gasteiger charge is 2.13. The van der Waals surface area contributed by atoms with Gasteiger partial charge in [0.05, 0.1) is 5.69 Å². The smallest absolute Gasteiger partial charge is 0.338 e. The fraction of sp³-hybridized carbons (Fsp3) is 0.238. The molecule has 0 aliphatic heterocycles. The van der Waals surface area contributed by atoms with Gasteiger partial charge in [-0.15, -0.1) is 0 Å². The Morgan fingerprint density at radius 1 is 1.12 bits per heavy atom. The number of fused-ring (bicyclic) bond motifs is 1. The fourth-order valence-electron chi connectivity index (χ4n) is 2.92. The highest BCUT2D eigenvalue weighted by molar-refractivity contribution is 5.95. The molecule has 0 aliphatic carbocycles. The number of para-hydroxylation sites is 1. The second-order valence-corrected chi connectivity index (χ2v) is 6.30. The van der Waals surface area contributed by atoms with Crippen LogP contribution < -0.4 is 10.9 Å². The van der Waals surface area contributed by atoms with Crippen LogP contribution in [0.4, 0.5) is 5.69 Å². The highest BCUT2D eigenvalue weighted by Crippen LogP contribution is 2.20. The minimum atomic E-state index is -0.377. The lowest BCUT2D eigenvalue weighted by Crippen LogP contribution is -2.29. The first-order valence-corrected chi connectivity index (χ1v) is 8.64. The number of aryl methyl sites for hydroxylation is 1. The molecule has 1 amide bonds. The van der Waals surface area contributed by atoms with Crippen LogP contribution in [-0.4, -0.2) is 30.9 Å². The second-order valence-electron chi connectivity index (χ2n) is 6.30. The van der Waals surface area contributed by atoms with Gasteiger partial charge >= 0.3 is 5.63 Å². The van der Waals surface area contributed by atoms with Gasteiger partial charge in [0.25, 0.3) is 5.91 Å². The van der Waals surface area contributed by atoms with Crippen molar-refractivity contribution < 1.29 is 9.21 Å². The topological polar surface area (TPSA) is 62.6 Å². The Kier molecular flexibility index (Phi) is 5.37. The number of amides is 1. The number of anilines is 1. The van der Waals surface area contributed by atoms with Crippen molar-refractivity contribution in [2.24, 2.45) is 0 Å². The number of nitrogens with zero attached hydrogens (tertiary/aromatic N) is 1. The normalized spacial score (nSPS) is 10.7. The predicted molar refractivity (Wildman–Crippen MR) is 104 cm³/mol. The van der Waals surface area contributed by atoms with Crippen molar-refractivity contribution >= 4 is 22.6 Å². The van der Waals surface area contributed by atoms with Crippen LogP contribution in [0.25, 0.3) is 11.0 Å². The summed E-state index contributed by atoms with van der Waals surface area (Å²) < 4.78 is 5.19. The van der Waals surface area contributed by atoms with E-state index in [0.717, 1.165) is 28.6 Å². The molecule has 0 fully saturated rings. The van der Waals surface area contributed by atoms with Crippen LogP contribution in [0.15, 0.2) is 63.8 Å². The quantitative estimate of drug-likeness (QED) is 0.544. The molecule has 5 heteroatoms. The Balaban J connectivity index is 1.58. The maximum atomic E-state index is 12.5. The largest absolute Gasteiger partial charge is 0.423 e. The van der Waals surface area contributed by atoms with E-state index in [1.54, 1.807) is 18.0 Å². The van der Waals surface area contributed by atoms with Crippen molar-refractivity contribution in [2.45, 2.75) is 13.3 Å². The third kappa shape index (κ3) is 3.94. The molecule has 0 atom stereocenters. The number of rotatable bonds is 6. The molecule has 3 rings (SSSR count). The second kappa shape index (κ2) is 7.87. The summed E-state index contributed by atoms with van der Waals surface area (Å²) in [6.07, 6.45) is 0.767.